The van der Waals surface area contributed by atoms with Crippen LogP contribution in [0.25, 0.3) is 0 Å². The smallest absolute Gasteiger partial charge is 0.170 e. The zero-order chi connectivity index (χ0) is 17.2. The van der Waals surface area contributed by atoms with Crippen LogP contribution in [0.5, 0.6) is 11.5 Å². The molecule has 24 heavy (non-hydrogen) atoms. The topological polar surface area (TPSA) is 42.5 Å². The molecule has 0 aromatic heterocycles. The zero-order valence-corrected chi connectivity index (χ0v) is 16.2. The number of anilines is 1. The molecule has 2 N–H and O–H groups in total. The maximum absolute atomic E-state index is 5.35. The lowest BCUT2D eigenvalue weighted by molar-refractivity contribution is 0.355. The predicted octanol–water partition coefficient (Wildman–Crippen LogP) is 4.45. The molecule has 0 unspecified atom stereocenters. The van der Waals surface area contributed by atoms with Crippen molar-refractivity contribution in [2.75, 3.05) is 31.8 Å². The van der Waals surface area contributed by atoms with Gasteiger partial charge in [0, 0.05) is 23.5 Å². The number of benzene rings is 1. The highest BCUT2D eigenvalue weighted by molar-refractivity contribution is 7.99. The largest absolute Gasteiger partial charge is 0.493 e. The lowest BCUT2D eigenvalue weighted by Crippen LogP contribution is -2.29. The summed E-state index contributed by atoms with van der Waals surface area (Å²) in [5.74, 6) is 2.60. The SMILES string of the molecule is COc1ccc(NC(=S)NCCCSC2CCCCC2)cc1OC. The molecule has 1 aromatic carbocycles. The Morgan fingerprint density at radius 1 is 1.17 bits per heavy atom. The second-order valence-corrected chi connectivity index (χ2v) is 7.75. The number of methoxy groups -OCH3 is 2. The van der Waals surface area contributed by atoms with Gasteiger partial charge < -0.3 is 20.1 Å². The van der Waals surface area contributed by atoms with Crippen LogP contribution < -0.4 is 20.1 Å². The number of hydrogen-bond donors (Lipinski definition) is 2. The van der Waals surface area contributed by atoms with E-state index in [1.807, 2.05) is 18.2 Å². The third kappa shape index (κ3) is 6.40. The highest BCUT2D eigenvalue weighted by Crippen LogP contribution is 2.30. The molecule has 1 saturated carbocycles. The minimum absolute atomic E-state index is 0.643. The standard InChI is InChI=1S/C18H28N2O2S2/c1-21-16-10-9-14(13-17(16)22-2)20-18(23)19-11-6-12-24-15-7-4-3-5-8-15/h9-10,13,15H,3-8,11-12H2,1-2H3,(H2,19,20,23). The molecule has 134 valence electrons. The summed E-state index contributed by atoms with van der Waals surface area (Å²) in [7, 11) is 3.25. The molecule has 1 aliphatic carbocycles. The molecule has 0 saturated heterocycles. The van der Waals surface area contributed by atoms with Crippen LogP contribution in [0.4, 0.5) is 5.69 Å². The van der Waals surface area contributed by atoms with Gasteiger partial charge in [0.1, 0.15) is 0 Å². The lowest BCUT2D eigenvalue weighted by atomic mass is 10.0. The summed E-state index contributed by atoms with van der Waals surface area (Å²) >= 11 is 7.48. The molecule has 1 fully saturated rings. The molecule has 6 heteroatoms. The molecule has 0 heterocycles. The van der Waals surface area contributed by atoms with E-state index in [9.17, 15) is 0 Å². The maximum atomic E-state index is 5.35. The normalized spacial score (nSPS) is 14.9. The third-order valence-corrected chi connectivity index (χ3v) is 5.87. The minimum atomic E-state index is 0.643. The van der Waals surface area contributed by atoms with Crippen molar-refractivity contribution in [2.45, 2.75) is 43.8 Å². The zero-order valence-electron chi connectivity index (χ0n) is 14.6. The Morgan fingerprint density at radius 3 is 2.62 bits per heavy atom. The van der Waals surface area contributed by atoms with E-state index in [0.29, 0.717) is 16.6 Å². The highest BCUT2D eigenvalue weighted by Gasteiger charge is 2.13. The summed E-state index contributed by atoms with van der Waals surface area (Å²) in [5.41, 5.74) is 0.890. The first-order chi connectivity index (χ1) is 11.7. The van der Waals surface area contributed by atoms with Gasteiger partial charge in [0.05, 0.1) is 14.2 Å². The molecule has 1 aromatic rings. The molecular weight excluding hydrogens is 340 g/mol. The van der Waals surface area contributed by atoms with Gasteiger partial charge in [0.25, 0.3) is 0 Å². The van der Waals surface area contributed by atoms with Crippen LogP contribution in [-0.2, 0) is 0 Å². The average molecular weight is 369 g/mol. The number of thiocarbonyl (C=S) groups is 1. The Morgan fingerprint density at radius 2 is 1.92 bits per heavy atom. The van der Waals surface area contributed by atoms with E-state index >= 15 is 0 Å². The summed E-state index contributed by atoms with van der Waals surface area (Å²) in [5, 5.41) is 7.98. The van der Waals surface area contributed by atoms with Gasteiger partial charge in [0.15, 0.2) is 16.6 Å². The Labute approximate surface area is 155 Å². The molecule has 0 radical (unpaired) electrons. The Bertz CT molecular complexity index is 520. The monoisotopic (exact) mass is 368 g/mol. The van der Waals surface area contributed by atoms with Crippen LogP contribution in [0.2, 0.25) is 0 Å². The van der Waals surface area contributed by atoms with Crippen molar-refractivity contribution in [2.24, 2.45) is 0 Å². The van der Waals surface area contributed by atoms with Crippen LogP contribution in [0.15, 0.2) is 18.2 Å². The summed E-state index contributed by atoms with van der Waals surface area (Å²) in [6, 6.07) is 5.67. The predicted molar refractivity (Wildman–Crippen MR) is 108 cm³/mol. The molecule has 0 spiro atoms. The van der Waals surface area contributed by atoms with Crippen LogP contribution in [-0.4, -0.2) is 36.9 Å². The molecular formula is C18H28N2O2S2. The van der Waals surface area contributed by atoms with E-state index in [4.69, 9.17) is 21.7 Å². The van der Waals surface area contributed by atoms with Crippen molar-refractivity contribution in [3.05, 3.63) is 18.2 Å². The Hall–Kier alpha value is -1.14. The van der Waals surface area contributed by atoms with Gasteiger partial charge in [-0.25, -0.2) is 0 Å². The lowest BCUT2D eigenvalue weighted by Gasteiger charge is -2.20. The number of rotatable bonds is 8. The Balaban J connectivity index is 1.64. The van der Waals surface area contributed by atoms with Crippen molar-refractivity contribution < 1.29 is 9.47 Å². The van der Waals surface area contributed by atoms with Crippen LogP contribution in [0.3, 0.4) is 0 Å². The number of ether oxygens (including phenoxy) is 2. The fourth-order valence-electron chi connectivity index (χ4n) is 2.85. The Kier molecular flexibility index (Phi) is 8.53. The van der Waals surface area contributed by atoms with Crippen LogP contribution >= 0.6 is 24.0 Å². The van der Waals surface area contributed by atoms with E-state index in [1.165, 1.54) is 37.9 Å². The van der Waals surface area contributed by atoms with Gasteiger partial charge in [-0.15, -0.1) is 0 Å². The minimum Gasteiger partial charge on any atom is -0.493 e. The first kappa shape index (κ1) is 19.2. The van der Waals surface area contributed by atoms with E-state index < -0.39 is 0 Å². The van der Waals surface area contributed by atoms with Gasteiger partial charge in [-0.05, 0) is 49.4 Å². The second kappa shape index (κ2) is 10.7. The summed E-state index contributed by atoms with van der Waals surface area (Å²) in [6.45, 7) is 0.902. The quantitative estimate of drug-likeness (QED) is 0.522. The molecule has 0 aliphatic heterocycles. The van der Waals surface area contributed by atoms with Gasteiger partial charge in [-0.3, -0.25) is 0 Å². The molecule has 2 rings (SSSR count). The van der Waals surface area contributed by atoms with Gasteiger partial charge in [-0.2, -0.15) is 11.8 Å². The van der Waals surface area contributed by atoms with E-state index in [2.05, 4.69) is 22.4 Å². The van der Waals surface area contributed by atoms with Crippen molar-refractivity contribution >= 4 is 34.8 Å². The van der Waals surface area contributed by atoms with Gasteiger partial charge >= 0.3 is 0 Å². The first-order valence-corrected chi connectivity index (χ1v) is 10.1. The fraction of sp³-hybridized carbons (Fsp3) is 0.611. The molecule has 0 atom stereocenters. The first-order valence-electron chi connectivity index (χ1n) is 8.61. The fourth-order valence-corrected chi connectivity index (χ4v) is 4.38. The summed E-state index contributed by atoms with van der Waals surface area (Å²) in [6.07, 6.45) is 8.18. The van der Waals surface area contributed by atoms with Crippen molar-refractivity contribution in [3.63, 3.8) is 0 Å². The van der Waals surface area contributed by atoms with Crippen molar-refractivity contribution in [1.82, 2.24) is 5.32 Å². The molecule has 1 aliphatic rings. The van der Waals surface area contributed by atoms with Gasteiger partial charge in [-0.1, -0.05) is 19.3 Å². The average Bonchev–Trinajstić information content (AvgIpc) is 2.62. The molecule has 4 nitrogen and oxygen atoms in total. The third-order valence-electron chi connectivity index (χ3n) is 4.15. The van der Waals surface area contributed by atoms with Gasteiger partial charge in [0.2, 0.25) is 0 Å². The van der Waals surface area contributed by atoms with E-state index in [0.717, 1.165) is 23.9 Å². The second-order valence-electron chi connectivity index (χ2n) is 5.94. The van der Waals surface area contributed by atoms with E-state index in [-0.39, 0.29) is 0 Å². The molecule has 0 amide bonds. The van der Waals surface area contributed by atoms with Crippen LogP contribution in [0, 0.1) is 0 Å². The summed E-state index contributed by atoms with van der Waals surface area (Å²) in [4.78, 5) is 0. The maximum Gasteiger partial charge on any atom is 0.170 e. The van der Waals surface area contributed by atoms with Crippen molar-refractivity contribution in [1.29, 1.82) is 0 Å². The number of hydrogen-bond acceptors (Lipinski definition) is 4. The molecule has 0 bridgehead atoms. The highest BCUT2D eigenvalue weighted by atomic mass is 32.2. The number of nitrogens with one attached hydrogen (secondary N) is 2. The van der Waals surface area contributed by atoms with E-state index in [1.54, 1.807) is 14.2 Å². The summed E-state index contributed by atoms with van der Waals surface area (Å²) < 4.78 is 10.5. The van der Waals surface area contributed by atoms with Crippen LogP contribution in [0.1, 0.15) is 38.5 Å². The number of thioether (sulfide) groups is 1. The van der Waals surface area contributed by atoms with Crippen molar-refractivity contribution in [3.8, 4) is 11.5 Å².